The van der Waals surface area contributed by atoms with Gasteiger partial charge in [0.05, 0.1) is 5.56 Å². The van der Waals surface area contributed by atoms with Crippen molar-refractivity contribution in [2.75, 3.05) is 0 Å². The van der Waals surface area contributed by atoms with Gasteiger partial charge < -0.3 is 4.98 Å². The molecule has 1 amide bonds. The van der Waals surface area contributed by atoms with E-state index in [0.29, 0.717) is 12.0 Å². The molecule has 0 atom stereocenters. The van der Waals surface area contributed by atoms with E-state index >= 15 is 0 Å². The largest absolute Gasteiger partial charge is 0.360 e. The molecule has 2 N–H and O–H groups in total. The molecule has 0 saturated carbocycles. The fourth-order valence-electron chi connectivity index (χ4n) is 2.19. The number of para-hydroxylation sites is 1. The van der Waals surface area contributed by atoms with Crippen LogP contribution in [0.1, 0.15) is 15.9 Å². The number of benzene rings is 2. The Morgan fingerprint density at radius 1 is 1.10 bits per heavy atom. The average Bonchev–Trinajstić information content (AvgIpc) is 2.96. The van der Waals surface area contributed by atoms with Crippen molar-refractivity contribution < 1.29 is 4.79 Å². The van der Waals surface area contributed by atoms with E-state index in [0.717, 1.165) is 16.5 Å². The highest BCUT2D eigenvalue weighted by molar-refractivity contribution is 6.06. The second-order valence-corrected chi connectivity index (χ2v) is 4.69. The number of aromatic amines is 1. The van der Waals surface area contributed by atoms with Gasteiger partial charge in [-0.3, -0.25) is 4.79 Å². The molecule has 2 aromatic carbocycles. The van der Waals surface area contributed by atoms with Gasteiger partial charge in [0, 0.05) is 29.7 Å². The second-order valence-electron chi connectivity index (χ2n) is 4.69. The summed E-state index contributed by atoms with van der Waals surface area (Å²) in [6.45, 7) is 0. The number of carbonyl (C=O) groups excluding carboxylic acids is 1. The molecule has 104 valence electrons. The molecule has 1 aromatic heterocycles. The Hall–Kier alpha value is -2.88. The van der Waals surface area contributed by atoms with Gasteiger partial charge in [-0.15, -0.1) is 0 Å². The van der Waals surface area contributed by atoms with Gasteiger partial charge >= 0.3 is 0 Å². The summed E-state index contributed by atoms with van der Waals surface area (Å²) in [5.74, 6) is -0.211. The van der Waals surface area contributed by atoms with Gasteiger partial charge in [0.15, 0.2) is 0 Å². The molecular weight excluding hydrogens is 262 g/mol. The van der Waals surface area contributed by atoms with Crippen LogP contribution in [-0.2, 0) is 6.42 Å². The standard InChI is InChI=1S/C17H15N3O/c21-17(15-12-18-16-9-5-4-8-14(15)16)20-19-11-10-13-6-2-1-3-7-13/h1-9,11-12,18H,10H2,(H,20,21). The van der Waals surface area contributed by atoms with Crippen molar-refractivity contribution in [1.29, 1.82) is 0 Å². The highest BCUT2D eigenvalue weighted by Crippen LogP contribution is 2.17. The Balaban J connectivity index is 1.64. The van der Waals surface area contributed by atoms with Crippen LogP contribution in [0.25, 0.3) is 10.9 Å². The van der Waals surface area contributed by atoms with E-state index in [1.54, 1.807) is 12.4 Å². The van der Waals surface area contributed by atoms with E-state index < -0.39 is 0 Å². The minimum absolute atomic E-state index is 0.211. The Labute approximate surface area is 122 Å². The summed E-state index contributed by atoms with van der Waals surface area (Å²) in [6.07, 6.45) is 4.09. The van der Waals surface area contributed by atoms with Gasteiger partial charge in [0.25, 0.3) is 5.91 Å². The SMILES string of the molecule is O=C(NN=CCc1ccccc1)c1c[nH]c2ccccc12. The first kappa shape index (κ1) is 13.1. The maximum Gasteiger partial charge on any atom is 0.273 e. The Morgan fingerprint density at radius 3 is 2.71 bits per heavy atom. The number of hydrazone groups is 1. The Morgan fingerprint density at radius 2 is 1.86 bits per heavy atom. The van der Waals surface area contributed by atoms with Crippen LogP contribution in [0.2, 0.25) is 0 Å². The summed E-state index contributed by atoms with van der Waals surface area (Å²) in [5.41, 5.74) is 5.25. The van der Waals surface area contributed by atoms with Crippen molar-refractivity contribution in [3.8, 4) is 0 Å². The Kier molecular flexibility index (Phi) is 3.78. The number of hydrogen-bond acceptors (Lipinski definition) is 2. The number of hydrogen-bond donors (Lipinski definition) is 2. The third-order valence-electron chi connectivity index (χ3n) is 3.26. The van der Waals surface area contributed by atoms with Crippen LogP contribution < -0.4 is 5.43 Å². The summed E-state index contributed by atoms with van der Waals surface area (Å²) >= 11 is 0. The number of H-pyrrole nitrogens is 1. The van der Waals surface area contributed by atoms with Crippen molar-refractivity contribution >= 4 is 23.0 Å². The zero-order valence-electron chi connectivity index (χ0n) is 11.4. The lowest BCUT2D eigenvalue weighted by Gasteiger charge is -1.98. The molecule has 0 aliphatic heterocycles. The molecule has 0 bridgehead atoms. The third-order valence-corrected chi connectivity index (χ3v) is 3.26. The number of amides is 1. The summed E-state index contributed by atoms with van der Waals surface area (Å²) in [4.78, 5) is 15.2. The Bertz CT molecular complexity index is 775. The van der Waals surface area contributed by atoms with E-state index in [-0.39, 0.29) is 5.91 Å². The number of fused-ring (bicyclic) bond motifs is 1. The first-order valence-corrected chi connectivity index (χ1v) is 6.76. The molecule has 0 unspecified atom stereocenters. The highest BCUT2D eigenvalue weighted by Gasteiger charge is 2.10. The minimum Gasteiger partial charge on any atom is -0.360 e. The first-order valence-electron chi connectivity index (χ1n) is 6.76. The van der Waals surface area contributed by atoms with E-state index in [4.69, 9.17) is 0 Å². The van der Waals surface area contributed by atoms with Crippen LogP contribution in [0.15, 0.2) is 65.9 Å². The summed E-state index contributed by atoms with van der Waals surface area (Å²) < 4.78 is 0. The predicted octanol–water partition coefficient (Wildman–Crippen LogP) is 3.13. The quantitative estimate of drug-likeness (QED) is 0.558. The molecule has 4 heteroatoms. The molecule has 0 radical (unpaired) electrons. The smallest absolute Gasteiger partial charge is 0.273 e. The summed E-state index contributed by atoms with van der Waals surface area (Å²) in [5, 5.41) is 4.89. The fourth-order valence-corrected chi connectivity index (χ4v) is 2.19. The maximum absolute atomic E-state index is 12.1. The predicted molar refractivity (Wildman–Crippen MR) is 84.4 cm³/mol. The van der Waals surface area contributed by atoms with Crippen molar-refractivity contribution in [3.63, 3.8) is 0 Å². The van der Waals surface area contributed by atoms with Crippen LogP contribution in [0.3, 0.4) is 0 Å². The second kappa shape index (κ2) is 6.05. The van der Waals surface area contributed by atoms with E-state index in [1.807, 2.05) is 54.6 Å². The molecular formula is C17H15N3O. The van der Waals surface area contributed by atoms with E-state index in [9.17, 15) is 4.79 Å². The van der Waals surface area contributed by atoms with Crippen molar-refractivity contribution in [1.82, 2.24) is 10.4 Å². The van der Waals surface area contributed by atoms with Crippen LogP contribution in [0.4, 0.5) is 0 Å². The maximum atomic E-state index is 12.1. The van der Waals surface area contributed by atoms with Gasteiger partial charge in [-0.25, -0.2) is 5.43 Å². The summed E-state index contributed by atoms with van der Waals surface area (Å²) in [7, 11) is 0. The number of nitrogens with zero attached hydrogens (tertiary/aromatic N) is 1. The molecule has 3 rings (SSSR count). The average molecular weight is 277 g/mol. The molecule has 21 heavy (non-hydrogen) atoms. The zero-order chi connectivity index (χ0) is 14.5. The lowest BCUT2D eigenvalue weighted by molar-refractivity contribution is 0.0956. The van der Waals surface area contributed by atoms with Gasteiger partial charge in [-0.05, 0) is 11.6 Å². The minimum atomic E-state index is -0.211. The fraction of sp³-hybridized carbons (Fsp3) is 0.0588. The lowest BCUT2D eigenvalue weighted by atomic mass is 10.2. The summed E-state index contributed by atoms with van der Waals surface area (Å²) in [6, 6.07) is 17.7. The van der Waals surface area contributed by atoms with Crippen molar-refractivity contribution in [3.05, 3.63) is 71.9 Å². The third kappa shape index (κ3) is 3.00. The molecule has 1 heterocycles. The normalized spacial score (nSPS) is 11.0. The number of rotatable bonds is 4. The number of nitrogens with one attached hydrogen (secondary N) is 2. The van der Waals surface area contributed by atoms with Crippen LogP contribution in [-0.4, -0.2) is 17.1 Å². The molecule has 4 nitrogen and oxygen atoms in total. The van der Waals surface area contributed by atoms with Crippen molar-refractivity contribution in [2.24, 2.45) is 5.10 Å². The molecule has 3 aromatic rings. The van der Waals surface area contributed by atoms with Gasteiger partial charge in [-0.1, -0.05) is 48.5 Å². The van der Waals surface area contributed by atoms with Gasteiger partial charge in [0.1, 0.15) is 0 Å². The number of aromatic nitrogens is 1. The van der Waals surface area contributed by atoms with E-state index in [2.05, 4.69) is 15.5 Å². The van der Waals surface area contributed by atoms with Gasteiger partial charge in [0.2, 0.25) is 0 Å². The topological polar surface area (TPSA) is 57.2 Å². The van der Waals surface area contributed by atoms with Crippen molar-refractivity contribution in [2.45, 2.75) is 6.42 Å². The molecule has 0 spiro atoms. The monoisotopic (exact) mass is 277 g/mol. The lowest BCUT2D eigenvalue weighted by Crippen LogP contribution is -2.17. The van der Waals surface area contributed by atoms with E-state index in [1.165, 1.54) is 0 Å². The zero-order valence-corrected chi connectivity index (χ0v) is 11.4. The van der Waals surface area contributed by atoms with Crippen LogP contribution >= 0.6 is 0 Å². The van der Waals surface area contributed by atoms with Crippen LogP contribution in [0, 0.1) is 0 Å². The highest BCUT2D eigenvalue weighted by atomic mass is 16.2. The molecule has 0 aliphatic carbocycles. The molecule has 0 saturated heterocycles. The molecule has 0 aliphatic rings. The van der Waals surface area contributed by atoms with Crippen LogP contribution in [0.5, 0.6) is 0 Å². The molecule has 0 fully saturated rings. The van der Waals surface area contributed by atoms with Gasteiger partial charge in [-0.2, -0.15) is 5.10 Å². The first-order chi connectivity index (χ1) is 10.3. The number of carbonyl (C=O) groups is 1.